The lowest BCUT2D eigenvalue weighted by molar-refractivity contribution is -0.152. The van der Waals surface area contributed by atoms with Gasteiger partial charge in [0.2, 0.25) is 0 Å². The van der Waals surface area contributed by atoms with Gasteiger partial charge in [0, 0.05) is 12.6 Å². The fourth-order valence-electron chi connectivity index (χ4n) is 3.24. The predicted molar refractivity (Wildman–Crippen MR) is 57.9 cm³/mol. The van der Waals surface area contributed by atoms with Gasteiger partial charge in [0.05, 0.1) is 0 Å². The Labute approximate surface area is 90.9 Å². The monoisotopic (exact) mass is 212 g/mol. The Balaban J connectivity index is 2.29. The molecule has 0 aromatic carbocycles. The van der Waals surface area contributed by atoms with Crippen molar-refractivity contribution in [2.24, 2.45) is 0 Å². The van der Waals surface area contributed by atoms with Crippen molar-refractivity contribution in [2.75, 3.05) is 27.2 Å². The van der Waals surface area contributed by atoms with Crippen LogP contribution in [0.4, 0.5) is 0 Å². The average Bonchev–Trinajstić information content (AvgIpc) is 2.57. The van der Waals surface area contributed by atoms with Crippen LogP contribution in [0.25, 0.3) is 0 Å². The van der Waals surface area contributed by atoms with Crippen molar-refractivity contribution in [1.82, 2.24) is 9.80 Å². The summed E-state index contributed by atoms with van der Waals surface area (Å²) in [4.78, 5) is 15.8. The van der Waals surface area contributed by atoms with Gasteiger partial charge < -0.3 is 5.11 Å². The van der Waals surface area contributed by atoms with Crippen molar-refractivity contribution < 1.29 is 9.90 Å². The van der Waals surface area contributed by atoms with Gasteiger partial charge >= 0.3 is 5.97 Å². The summed E-state index contributed by atoms with van der Waals surface area (Å²) in [5.74, 6) is -0.651. The Morgan fingerprint density at radius 3 is 2.73 bits per heavy atom. The highest BCUT2D eigenvalue weighted by Gasteiger charge is 2.54. The second kappa shape index (κ2) is 3.76. The molecule has 86 valence electrons. The third kappa shape index (κ3) is 1.47. The molecule has 0 aromatic rings. The van der Waals surface area contributed by atoms with Crippen LogP contribution >= 0.6 is 0 Å². The molecule has 1 N–H and O–H groups in total. The van der Waals surface area contributed by atoms with E-state index in [0.717, 1.165) is 25.9 Å². The van der Waals surface area contributed by atoms with Crippen LogP contribution < -0.4 is 0 Å². The summed E-state index contributed by atoms with van der Waals surface area (Å²) in [5.41, 5.74) is -0.638. The van der Waals surface area contributed by atoms with Crippen LogP contribution in [-0.2, 0) is 4.79 Å². The van der Waals surface area contributed by atoms with Crippen LogP contribution in [0.15, 0.2) is 0 Å². The van der Waals surface area contributed by atoms with Crippen LogP contribution in [0.3, 0.4) is 0 Å². The minimum Gasteiger partial charge on any atom is -0.480 e. The fourth-order valence-corrected chi connectivity index (χ4v) is 3.24. The molecule has 2 aliphatic heterocycles. The first kappa shape index (κ1) is 10.9. The summed E-state index contributed by atoms with van der Waals surface area (Å²) < 4.78 is 0. The number of fused-ring (bicyclic) bond motifs is 1. The van der Waals surface area contributed by atoms with Crippen LogP contribution in [0.1, 0.15) is 25.7 Å². The van der Waals surface area contributed by atoms with Crippen molar-refractivity contribution in [3.63, 3.8) is 0 Å². The van der Waals surface area contributed by atoms with Gasteiger partial charge in [-0.1, -0.05) is 6.42 Å². The van der Waals surface area contributed by atoms with Gasteiger partial charge in [-0.3, -0.25) is 14.6 Å². The standard InChI is InChI=1S/C11H20N2O2/c1-12(2)11(10(14)15)6-8-13-7-4-3-5-9(11)13/h9H,3-8H2,1-2H3,(H,14,15). The zero-order valence-electron chi connectivity index (χ0n) is 9.57. The molecule has 0 bridgehead atoms. The molecule has 0 saturated carbocycles. The molecule has 2 aliphatic rings. The molecule has 15 heavy (non-hydrogen) atoms. The largest absolute Gasteiger partial charge is 0.480 e. The number of likely N-dealkylation sites (N-methyl/N-ethyl adjacent to an activating group) is 1. The van der Waals surface area contributed by atoms with E-state index in [2.05, 4.69) is 4.90 Å². The smallest absolute Gasteiger partial charge is 0.325 e. The van der Waals surface area contributed by atoms with Crippen molar-refractivity contribution >= 4 is 5.97 Å². The number of carboxylic acid groups (broad SMARTS) is 1. The van der Waals surface area contributed by atoms with Crippen molar-refractivity contribution in [3.8, 4) is 0 Å². The first-order chi connectivity index (χ1) is 7.09. The maximum absolute atomic E-state index is 11.6. The minimum absolute atomic E-state index is 0.221. The molecule has 0 aliphatic carbocycles. The summed E-state index contributed by atoms with van der Waals surface area (Å²) in [6.45, 7) is 2.02. The van der Waals surface area contributed by atoms with E-state index in [9.17, 15) is 9.90 Å². The van der Waals surface area contributed by atoms with Crippen LogP contribution in [0, 0.1) is 0 Å². The first-order valence-corrected chi connectivity index (χ1v) is 5.74. The summed E-state index contributed by atoms with van der Waals surface area (Å²) in [5, 5.41) is 9.50. The molecule has 0 amide bonds. The zero-order chi connectivity index (χ0) is 11.1. The summed E-state index contributed by atoms with van der Waals surface area (Å²) in [6, 6.07) is 0.221. The van der Waals surface area contributed by atoms with Gasteiger partial charge in [0.1, 0.15) is 5.54 Å². The number of rotatable bonds is 2. The maximum atomic E-state index is 11.6. The SMILES string of the molecule is CN(C)C1(C(=O)O)CCN2CCCCC21. The predicted octanol–water partition coefficient (Wildman–Crippen LogP) is 0.630. The highest BCUT2D eigenvalue weighted by atomic mass is 16.4. The topological polar surface area (TPSA) is 43.8 Å². The third-order valence-corrected chi connectivity index (χ3v) is 4.11. The van der Waals surface area contributed by atoms with Crippen LogP contribution in [0.2, 0.25) is 0 Å². The highest BCUT2D eigenvalue weighted by Crippen LogP contribution is 2.38. The number of aliphatic carboxylic acids is 1. The minimum atomic E-state index is -0.651. The lowest BCUT2D eigenvalue weighted by Crippen LogP contribution is -2.60. The molecular formula is C11H20N2O2. The Kier molecular flexibility index (Phi) is 2.73. The van der Waals surface area contributed by atoms with Gasteiger partial charge in [-0.15, -0.1) is 0 Å². The van der Waals surface area contributed by atoms with Gasteiger partial charge in [0.25, 0.3) is 0 Å². The van der Waals surface area contributed by atoms with E-state index in [1.807, 2.05) is 19.0 Å². The Morgan fingerprint density at radius 1 is 1.40 bits per heavy atom. The summed E-state index contributed by atoms with van der Waals surface area (Å²) >= 11 is 0. The number of nitrogens with zero attached hydrogens (tertiary/aromatic N) is 2. The van der Waals surface area contributed by atoms with Gasteiger partial charge in [-0.2, -0.15) is 0 Å². The molecule has 0 aromatic heterocycles. The van der Waals surface area contributed by atoms with Gasteiger partial charge in [-0.25, -0.2) is 0 Å². The maximum Gasteiger partial charge on any atom is 0.325 e. The highest BCUT2D eigenvalue weighted by molar-refractivity contribution is 5.80. The van der Waals surface area contributed by atoms with Gasteiger partial charge in [0.15, 0.2) is 0 Å². The summed E-state index contributed by atoms with van der Waals surface area (Å²) in [7, 11) is 3.79. The summed E-state index contributed by atoms with van der Waals surface area (Å²) in [6.07, 6.45) is 4.19. The Hall–Kier alpha value is -0.610. The lowest BCUT2D eigenvalue weighted by Gasteiger charge is -2.41. The first-order valence-electron chi connectivity index (χ1n) is 5.74. The average molecular weight is 212 g/mol. The molecule has 2 heterocycles. The van der Waals surface area contributed by atoms with E-state index in [-0.39, 0.29) is 6.04 Å². The number of carboxylic acids is 1. The molecule has 2 saturated heterocycles. The van der Waals surface area contributed by atoms with E-state index in [0.29, 0.717) is 0 Å². The van der Waals surface area contributed by atoms with Crippen molar-refractivity contribution in [1.29, 1.82) is 0 Å². The van der Waals surface area contributed by atoms with E-state index >= 15 is 0 Å². The quantitative estimate of drug-likeness (QED) is 0.729. The second-order valence-electron chi connectivity index (χ2n) is 4.92. The van der Waals surface area contributed by atoms with Crippen molar-refractivity contribution in [3.05, 3.63) is 0 Å². The molecule has 2 rings (SSSR count). The Bertz CT molecular complexity index is 267. The molecule has 4 nitrogen and oxygen atoms in total. The molecular weight excluding hydrogens is 192 g/mol. The second-order valence-corrected chi connectivity index (χ2v) is 4.92. The lowest BCUT2D eigenvalue weighted by atomic mass is 9.84. The van der Waals surface area contributed by atoms with Gasteiger partial charge in [-0.05, 0) is 39.9 Å². The van der Waals surface area contributed by atoms with E-state index in [1.165, 1.54) is 12.8 Å². The molecule has 2 fully saturated rings. The van der Waals surface area contributed by atoms with Crippen molar-refractivity contribution in [2.45, 2.75) is 37.3 Å². The molecule has 0 radical (unpaired) electrons. The normalized spacial score (nSPS) is 36.9. The Morgan fingerprint density at radius 2 is 2.13 bits per heavy atom. The van der Waals surface area contributed by atoms with Crippen LogP contribution in [-0.4, -0.2) is 59.6 Å². The van der Waals surface area contributed by atoms with E-state index in [1.54, 1.807) is 0 Å². The number of piperidine rings is 1. The molecule has 2 atom stereocenters. The fraction of sp³-hybridized carbons (Fsp3) is 0.909. The number of hydrogen-bond acceptors (Lipinski definition) is 3. The molecule has 2 unspecified atom stereocenters. The number of carbonyl (C=O) groups is 1. The molecule has 4 heteroatoms. The van der Waals surface area contributed by atoms with E-state index in [4.69, 9.17) is 0 Å². The van der Waals surface area contributed by atoms with Crippen LogP contribution in [0.5, 0.6) is 0 Å². The third-order valence-electron chi connectivity index (χ3n) is 4.11. The van der Waals surface area contributed by atoms with E-state index < -0.39 is 11.5 Å². The molecule has 0 spiro atoms. The number of hydrogen-bond donors (Lipinski definition) is 1. The zero-order valence-corrected chi connectivity index (χ0v) is 9.57.